The number of nitrogens with one attached hydrogen (secondary N) is 1. The van der Waals surface area contributed by atoms with Gasteiger partial charge >= 0.3 is 6.03 Å². The Kier molecular flexibility index (Phi) is 4.63. The highest BCUT2D eigenvalue weighted by atomic mass is 35.5. The number of rotatable bonds is 3. The molecule has 2 atom stereocenters. The van der Waals surface area contributed by atoms with E-state index in [9.17, 15) is 13.6 Å². The number of aromatic nitrogens is 1. The predicted octanol–water partition coefficient (Wildman–Crippen LogP) is 2.47. The van der Waals surface area contributed by atoms with Crippen LogP contribution in [0.1, 0.15) is 18.5 Å². The van der Waals surface area contributed by atoms with Gasteiger partial charge in [-0.3, -0.25) is 4.98 Å². The smallest absolute Gasteiger partial charge is 0.318 e. The molecule has 1 N–H and O–H groups in total. The van der Waals surface area contributed by atoms with Gasteiger partial charge in [-0.1, -0.05) is 11.6 Å². The van der Waals surface area contributed by atoms with Gasteiger partial charge in [0.2, 0.25) is 0 Å². The summed E-state index contributed by atoms with van der Waals surface area (Å²) in [6.07, 6.45) is 3.03. The second kappa shape index (κ2) is 6.11. The minimum Gasteiger partial charge on any atom is -0.373 e. The van der Waals surface area contributed by atoms with Crippen LogP contribution in [-0.4, -0.2) is 48.1 Å². The molecule has 0 aliphatic carbocycles. The quantitative estimate of drug-likeness (QED) is 0.931. The largest absolute Gasteiger partial charge is 0.373 e. The van der Waals surface area contributed by atoms with E-state index in [-0.39, 0.29) is 12.6 Å². The van der Waals surface area contributed by atoms with Crippen molar-refractivity contribution < 1.29 is 18.3 Å². The highest BCUT2D eigenvalue weighted by molar-refractivity contribution is 6.31. The molecule has 0 radical (unpaired) electrons. The lowest BCUT2D eigenvalue weighted by molar-refractivity contribution is -0.0223. The summed E-state index contributed by atoms with van der Waals surface area (Å²) < 4.78 is 31.6. The molecule has 1 aliphatic rings. The first-order valence-electron chi connectivity index (χ1n) is 6.41. The molecule has 0 saturated carbocycles. The molecule has 5 nitrogen and oxygen atoms in total. The van der Waals surface area contributed by atoms with Crippen molar-refractivity contribution in [1.29, 1.82) is 0 Å². The van der Waals surface area contributed by atoms with E-state index in [1.165, 1.54) is 18.1 Å². The van der Waals surface area contributed by atoms with E-state index in [4.69, 9.17) is 16.3 Å². The molecule has 1 fully saturated rings. The van der Waals surface area contributed by atoms with Crippen LogP contribution in [0.15, 0.2) is 18.5 Å². The van der Waals surface area contributed by atoms with Crippen LogP contribution in [0.5, 0.6) is 0 Å². The lowest BCUT2D eigenvalue weighted by Crippen LogP contribution is -2.51. The van der Waals surface area contributed by atoms with Gasteiger partial charge < -0.3 is 15.0 Å². The summed E-state index contributed by atoms with van der Waals surface area (Å²) in [5.41, 5.74) is 0.693. The van der Waals surface area contributed by atoms with E-state index in [1.807, 2.05) is 0 Å². The maximum Gasteiger partial charge on any atom is 0.318 e. The van der Waals surface area contributed by atoms with Crippen molar-refractivity contribution in [3.63, 3.8) is 0 Å². The highest BCUT2D eigenvalue weighted by Crippen LogP contribution is 2.27. The number of nitrogens with zero attached hydrogens (tertiary/aromatic N) is 2. The fourth-order valence-electron chi connectivity index (χ4n) is 2.04. The van der Waals surface area contributed by atoms with Gasteiger partial charge in [0.05, 0.1) is 17.7 Å². The van der Waals surface area contributed by atoms with Gasteiger partial charge in [-0.05, 0) is 18.6 Å². The number of hydrogen-bond acceptors (Lipinski definition) is 3. The van der Waals surface area contributed by atoms with Crippen LogP contribution in [-0.2, 0) is 4.74 Å². The minimum atomic E-state index is -3.05. The third-order valence-electron chi connectivity index (χ3n) is 3.54. The molecule has 2 amide bonds. The summed E-state index contributed by atoms with van der Waals surface area (Å²) in [7, 11) is 1.52. The van der Waals surface area contributed by atoms with Crippen LogP contribution >= 0.6 is 11.6 Å². The SMILES string of the molecule is C[C@@H](c1ccncc1Cl)N(C)C(=O)N[C@H]1COCC1(F)F. The number of urea groups is 1. The van der Waals surface area contributed by atoms with Gasteiger partial charge in [0.25, 0.3) is 5.92 Å². The lowest BCUT2D eigenvalue weighted by atomic mass is 10.1. The van der Waals surface area contributed by atoms with Crippen LogP contribution in [0.25, 0.3) is 0 Å². The Labute approximate surface area is 126 Å². The number of pyridine rings is 1. The average molecular weight is 320 g/mol. The first-order chi connectivity index (χ1) is 9.83. The first-order valence-corrected chi connectivity index (χ1v) is 6.79. The van der Waals surface area contributed by atoms with E-state index < -0.39 is 24.6 Å². The monoisotopic (exact) mass is 319 g/mol. The second-order valence-corrected chi connectivity index (χ2v) is 5.37. The number of alkyl halides is 2. The van der Waals surface area contributed by atoms with Crippen LogP contribution in [0.2, 0.25) is 5.02 Å². The number of hydrogen-bond donors (Lipinski definition) is 1. The Morgan fingerprint density at radius 3 is 2.95 bits per heavy atom. The zero-order valence-electron chi connectivity index (χ0n) is 11.6. The summed E-state index contributed by atoms with van der Waals surface area (Å²) in [4.78, 5) is 17.3. The molecule has 21 heavy (non-hydrogen) atoms. The van der Waals surface area contributed by atoms with Crippen molar-refractivity contribution in [2.75, 3.05) is 20.3 Å². The minimum absolute atomic E-state index is 0.197. The van der Waals surface area contributed by atoms with Crippen molar-refractivity contribution in [3.8, 4) is 0 Å². The molecule has 116 valence electrons. The summed E-state index contributed by atoms with van der Waals surface area (Å²) in [6, 6.07) is -0.612. The molecule has 1 aromatic rings. The Morgan fingerprint density at radius 2 is 2.38 bits per heavy atom. The molecule has 0 bridgehead atoms. The Bertz CT molecular complexity index is 530. The first kappa shape index (κ1) is 15.9. The lowest BCUT2D eigenvalue weighted by Gasteiger charge is -2.28. The number of amides is 2. The predicted molar refractivity (Wildman–Crippen MR) is 73.5 cm³/mol. The van der Waals surface area contributed by atoms with Gasteiger partial charge in [0, 0.05) is 19.4 Å². The van der Waals surface area contributed by atoms with E-state index in [0.717, 1.165) is 0 Å². The van der Waals surface area contributed by atoms with Crippen molar-refractivity contribution in [2.45, 2.75) is 24.9 Å². The van der Waals surface area contributed by atoms with E-state index in [2.05, 4.69) is 10.3 Å². The van der Waals surface area contributed by atoms with Gasteiger partial charge in [0.15, 0.2) is 0 Å². The molecule has 0 aromatic carbocycles. The molecular weight excluding hydrogens is 304 g/mol. The molecule has 1 aromatic heterocycles. The molecule has 8 heteroatoms. The van der Waals surface area contributed by atoms with Crippen molar-refractivity contribution in [3.05, 3.63) is 29.0 Å². The number of halogens is 3. The van der Waals surface area contributed by atoms with Crippen LogP contribution in [0, 0.1) is 0 Å². The van der Waals surface area contributed by atoms with Crippen LogP contribution < -0.4 is 5.32 Å². The Hall–Kier alpha value is -1.47. The van der Waals surface area contributed by atoms with Gasteiger partial charge in [0.1, 0.15) is 12.6 Å². The molecular formula is C13H16ClF2N3O2. The van der Waals surface area contributed by atoms with E-state index in [1.54, 1.807) is 19.2 Å². The third-order valence-corrected chi connectivity index (χ3v) is 3.86. The molecule has 1 saturated heterocycles. The number of carbonyl (C=O) groups excluding carboxylic acids is 1. The zero-order valence-corrected chi connectivity index (χ0v) is 12.4. The maximum atomic E-state index is 13.4. The summed E-state index contributed by atoms with van der Waals surface area (Å²) >= 11 is 6.02. The summed E-state index contributed by atoms with van der Waals surface area (Å²) in [5.74, 6) is -3.05. The van der Waals surface area contributed by atoms with Crippen LogP contribution in [0.4, 0.5) is 13.6 Å². The molecule has 1 aliphatic heterocycles. The maximum absolute atomic E-state index is 13.4. The topological polar surface area (TPSA) is 54.5 Å². The summed E-state index contributed by atoms with van der Waals surface area (Å²) in [5, 5.41) is 2.71. The van der Waals surface area contributed by atoms with E-state index in [0.29, 0.717) is 10.6 Å². The molecule has 2 heterocycles. The zero-order chi connectivity index (χ0) is 15.6. The van der Waals surface area contributed by atoms with Gasteiger partial charge in [-0.15, -0.1) is 0 Å². The van der Waals surface area contributed by atoms with E-state index >= 15 is 0 Å². The van der Waals surface area contributed by atoms with Crippen molar-refractivity contribution in [2.24, 2.45) is 0 Å². The highest BCUT2D eigenvalue weighted by Gasteiger charge is 2.46. The fraction of sp³-hybridized carbons (Fsp3) is 0.538. The molecule has 2 rings (SSSR count). The Morgan fingerprint density at radius 1 is 1.67 bits per heavy atom. The summed E-state index contributed by atoms with van der Waals surface area (Å²) in [6.45, 7) is 0.883. The third kappa shape index (κ3) is 3.41. The van der Waals surface area contributed by atoms with Crippen molar-refractivity contribution >= 4 is 17.6 Å². The number of ether oxygens (including phenoxy) is 1. The Balaban J connectivity index is 2.04. The van der Waals surface area contributed by atoms with Gasteiger partial charge in [-0.2, -0.15) is 0 Å². The standard InChI is InChI=1S/C13H16ClF2N3O2/c1-8(9-3-4-17-5-10(9)14)19(2)12(20)18-11-6-21-7-13(11,15)16/h3-5,8,11H,6-7H2,1-2H3,(H,18,20)/t8-,11-/m0/s1. The number of carbonyl (C=O) groups is 1. The average Bonchev–Trinajstić information content (AvgIpc) is 2.77. The van der Waals surface area contributed by atoms with Crippen LogP contribution in [0.3, 0.4) is 0 Å². The molecule has 0 spiro atoms. The normalized spacial score (nSPS) is 21.9. The molecule has 0 unspecified atom stereocenters. The van der Waals surface area contributed by atoms with Gasteiger partial charge in [-0.25, -0.2) is 13.6 Å². The van der Waals surface area contributed by atoms with Crippen molar-refractivity contribution in [1.82, 2.24) is 15.2 Å². The second-order valence-electron chi connectivity index (χ2n) is 4.96. The fourth-order valence-corrected chi connectivity index (χ4v) is 2.32.